The molecule has 3 aromatic rings. The Hall–Kier alpha value is -2.52. The third-order valence-corrected chi connectivity index (χ3v) is 4.02. The van der Waals surface area contributed by atoms with Crippen molar-refractivity contribution in [1.29, 1.82) is 0 Å². The molecule has 0 spiro atoms. The van der Waals surface area contributed by atoms with Gasteiger partial charge in [-0.05, 0) is 42.2 Å². The fourth-order valence-corrected chi connectivity index (χ4v) is 2.95. The van der Waals surface area contributed by atoms with Crippen molar-refractivity contribution in [3.63, 3.8) is 0 Å². The lowest BCUT2D eigenvalue weighted by atomic mass is 10.00. The molecule has 0 aliphatic heterocycles. The molecule has 0 radical (unpaired) electrons. The molecule has 0 aliphatic carbocycles. The summed E-state index contributed by atoms with van der Waals surface area (Å²) in [5.41, 5.74) is 4.27. The van der Waals surface area contributed by atoms with E-state index in [-0.39, 0.29) is 5.97 Å². The first-order chi connectivity index (χ1) is 11.7. The highest BCUT2D eigenvalue weighted by Crippen LogP contribution is 2.28. The molecule has 2 aromatic carbocycles. The third kappa shape index (κ3) is 3.52. The van der Waals surface area contributed by atoms with Gasteiger partial charge in [0, 0.05) is 11.2 Å². The summed E-state index contributed by atoms with van der Waals surface area (Å²) >= 11 is 6.06. The molecule has 0 bridgehead atoms. The van der Waals surface area contributed by atoms with E-state index >= 15 is 0 Å². The van der Waals surface area contributed by atoms with Gasteiger partial charge in [-0.1, -0.05) is 54.1 Å². The van der Waals surface area contributed by atoms with Crippen molar-refractivity contribution >= 4 is 17.6 Å². The van der Waals surface area contributed by atoms with Crippen LogP contribution in [0.15, 0.2) is 60.8 Å². The molecule has 0 saturated carbocycles. The second kappa shape index (κ2) is 7.37. The predicted octanol–water partition coefficient (Wildman–Crippen LogP) is 5.10. The van der Waals surface area contributed by atoms with Crippen LogP contribution in [-0.2, 0) is 11.2 Å². The van der Waals surface area contributed by atoms with Crippen molar-refractivity contribution in [2.75, 3.05) is 6.61 Å². The van der Waals surface area contributed by atoms with Crippen LogP contribution in [0.3, 0.4) is 0 Å². The van der Waals surface area contributed by atoms with E-state index in [1.165, 1.54) is 0 Å². The van der Waals surface area contributed by atoms with E-state index in [4.69, 9.17) is 16.3 Å². The monoisotopic (exact) mass is 339 g/mol. The lowest BCUT2D eigenvalue weighted by Gasteiger charge is -2.08. The molecule has 3 nitrogen and oxygen atoms in total. The first-order valence-corrected chi connectivity index (χ1v) is 8.24. The van der Waals surface area contributed by atoms with E-state index in [2.05, 4.69) is 4.98 Å². The van der Waals surface area contributed by atoms with Gasteiger partial charge in [0.05, 0.1) is 17.9 Å². The van der Waals surface area contributed by atoms with Gasteiger partial charge in [0.25, 0.3) is 0 Å². The van der Waals surface area contributed by atoms with Gasteiger partial charge >= 0.3 is 5.97 Å². The van der Waals surface area contributed by atoms with Gasteiger partial charge in [0.2, 0.25) is 0 Å². The van der Waals surface area contributed by atoms with Gasteiger partial charge in [-0.3, -0.25) is 0 Å². The average molecular weight is 340 g/mol. The second-order valence-electron chi connectivity index (χ2n) is 5.46. The zero-order valence-electron chi connectivity index (χ0n) is 13.4. The Balaban J connectivity index is 2.03. The van der Waals surface area contributed by atoms with Crippen molar-refractivity contribution in [3.05, 3.63) is 82.5 Å². The molecule has 0 atom stereocenters. The van der Waals surface area contributed by atoms with E-state index in [0.717, 1.165) is 22.4 Å². The first-order valence-electron chi connectivity index (χ1n) is 7.86. The summed E-state index contributed by atoms with van der Waals surface area (Å²) in [6.07, 6.45) is 2.48. The van der Waals surface area contributed by atoms with Crippen molar-refractivity contribution < 1.29 is 9.53 Å². The molecule has 1 heterocycles. The van der Waals surface area contributed by atoms with Crippen LogP contribution in [0, 0.1) is 0 Å². The van der Waals surface area contributed by atoms with Crippen LogP contribution in [0.5, 0.6) is 0 Å². The minimum atomic E-state index is -0.311. The summed E-state index contributed by atoms with van der Waals surface area (Å²) in [4.78, 5) is 15.7. The van der Waals surface area contributed by atoms with Gasteiger partial charge in [-0.25, -0.2) is 4.79 Å². The van der Waals surface area contributed by atoms with Crippen LogP contribution in [0.25, 0.3) is 11.3 Å². The van der Waals surface area contributed by atoms with Crippen LogP contribution >= 0.6 is 11.6 Å². The van der Waals surface area contributed by atoms with Crippen LogP contribution in [-0.4, -0.2) is 17.6 Å². The Bertz CT molecular complexity index is 840. The molecule has 1 N–H and O–H groups in total. The number of ether oxygens (including phenoxy) is 1. The number of carbonyl (C=O) groups excluding carboxylic acids is 1. The Kier molecular flexibility index (Phi) is 5.02. The van der Waals surface area contributed by atoms with E-state index < -0.39 is 0 Å². The van der Waals surface area contributed by atoms with E-state index in [1.807, 2.05) is 67.7 Å². The second-order valence-corrected chi connectivity index (χ2v) is 5.89. The summed E-state index contributed by atoms with van der Waals surface area (Å²) in [6.45, 7) is 2.15. The van der Waals surface area contributed by atoms with Crippen LogP contribution in [0.1, 0.15) is 28.4 Å². The summed E-state index contributed by atoms with van der Waals surface area (Å²) in [5, 5.41) is 0.684. The molecular weight excluding hydrogens is 322 g/mol. The van der Waals surface area contributed by atoms with E-state index in [9.17, 15) is 4.79 Å². The molecule has 1 aromatic heterocycles. The maximum Gasteiger partial charge on any atom is 0.340 e. The molecule has 0 amide bonds. The van der Waals surface area contributed by atoms with Gasteiger partial charge < -0.3 is 9.72 Å². The predicted molar refractivity (Wildman–Crippen MR) is 96.4 cm³/mol. The Morgan fingerprint density at radius 1 is 1.12 bits per heavy atom. The number of nitrogens with one attached hydrogen (secondary N) is 1. The van der Waals surface area contributed by atoms with Gasteiger partial charge in [0.15, 0.2) is 0 Å². The van der Waals surface area contributed by atoms with Crippen molar-refractivity contribution in [2.45, 2.75) is 13.3 Å². The number of esters is 1. The molecule has 0 saturated heterocycles. The molecular formula is C20H18ClNO2. The summed E-state index contributed by atoms with van der Waals surface area (Å²) in [5.74, 6) is -0.311. The van der Waals surface area contributed by atoms with Crippen LogP contribution in [0.4, 0.5) is 0 Å². The molecule has 3 rings (SSSR count). The maximum absolute atomic E-state index is 12.5. The Morgan fingerprint density at radius 2 is 1.92 bits per heavy atom. The third-order valence-electron chi connectivity index (χ3n) is 3.79. The average Bonchev–Trinajstić information content (AvgIpc) is 2.99. The fraction of sp³-hybridized carbons (Fsp3) is 0.150. The van der Waals surface area contributed by atoms with Crippen LogP contribution < -0.4 is 0 Å². The SMILES string of the molecule is CCOC(=O)c1c(Cc2cccc(Cl)c2)c[nH]c1-c1ccccc1. The topological polar surface area (TPSA) is 42.1 Å². The smallest absolute Gasteiger partial charge is 0.340 e. The van der Waals surface area contributed by atoms with E-state index in [1.54, 1.807) is 0 Å². The molecule has 4 heteroatoms. The van der Waals surface area contributed by atoms with Gasteiger partial charge in [-0.2, -0.15) is 0 Å². The number of aromatic nitrogens is 1. The highest BCUT2D eigenvalue weighted by molar-refractivity contribution is 6.30. The number of halogens is 1. The number of hydrogen-bond acceptors (Lipinski definition) is 2. The largest absolute Gasteiger partial charge is 0.462 e. The maximum atomic E-state index is 12.5. The van der Waals surface area contributed by atoms with Crippen molar-refractivity contribution in [3.8, 4) is 11.3 Å². The zero-order chi connectivity index (χ0) is 16.9. The first kappa shape index (κ1) is 16.3. The summed E-state index contributed by atoms with van der Waals surface area (Å²) in [6, 6.07) is 17.4. The minimum absolute atomic E-state index is 0.311. The van der Waals surface area contributed by atoms with Crippen molar-refractivity contribution in [1.82, 2.24) is 4.98 Å². The molecule has 122 valence electrons. The van der Waals surface area contributed by atoms with Crippen LogP contribution in [0.2, 0.25) is 5.02 Å². The number of benzene rings is 2. The van der Waals surface area contributed by atoms with Crippen molar-refractivity contribution in [2.24, 2.45) is 0 Å². The Morgan fingerprint density at radius 3 is 2.62 bits per heavy atom. The van der Waals surface area contributed by atoms with E-state index in [0.29, 0.717) is 23.6 Å². The molecule has 0 fully saturated rings. The Labute approximate surface area is 146 Å². The molecule has 24 heavy (non-hydrogen) atoms. The summed E-state index contributed by atoms with van der Waals surface area (Å²) < 4.78 is 5.27. The number of aromatic amines is 1. The highest BCUT2D eigenvalue weighted by Gasteiger charge is 2.21. The minimum Gasteiger partial charge on any atom is -0.462 e. The van der Waals surface area contributed by atoms with Gasteiger partial charge in [0.1, 0.15) is 0 Å². The number of rotatable bonds is 5. The lowest BCUT2D eigenvalue weighted by Crippen LogP contribution is -2.08. The molecule has 0 unspecified atom stereocenters. The lowest BCUT2D eigenvalue weighted by molar-refractivity contribution is 0.0526. The highest BCUT2D eigenvalue weighted by atomic mass is 35.5. The number of H-pyrrole nitrogens is 1. The molecule has 0 aliphatic rings. The number of hydrogen-bond donors (Lipinski definition) is 1. The zero-order valence-corrected chi connectivity index (χ0v) is 14.1. The van der Waals surface area contributed by atoms with Gasteiger partial charge in [-0.15, -0.1) is 0 Å². The standard InChI is InChI=1S/C20H18ClNO2/c1-2-24-20(23)18-16(11-14-7-6-10-17(21)12-14)13-22-19(18)15-8-4-3-5-9-15/h3-10,12-13,22H,2,11H2,1H3. The fourth-order valence-electron chi connectivity index (χ4n) is 2.74. The summed E-state index contributed by atoms with van der Waals surface area (Å²) in [7, 11) is 0. The normalized spacial score (nSPS) is 10.6. The number of carbonyl (C=O) groups is 1. The quantitative estimate of drug-likeness (QED) is 0.657.